The number of nitrogens with zero attached hydrogens (tertiary/aromatic N) is 3. The molecule has 0 amide bonds. The summed E-state index contributed by atoms with van der Waals surface area (Å²) >= 11 is 0. The van der Waals surface area contributed by atoms with Crippen molar-refractivity contribution in [3.63, 3.8) is 0 Å². The maximum absolute atomic E-state index is 9.15. The van der Waals surface area contributed by atoms with Crippen LogP contribution >= 0.6 is 0 Å². The van der Waals surface area contributed by atoms with Crippen molar-refractivity contribution < 1.29 is 0 Å². The van der Waals surface area contributed by atoms with E-state index in [2.05, 4.69) is 16.0 Å². The molecule has 4 N–H and O–H groups in total. The first-order chi connectivity index (χ1) is 8.22. The first-order valence-corrected chi connectivity index (χ1v) is 5.93. The Morgan fingerprint density at radius 1 is 1.18 bits per heavy atom. The minimum absolute atomic E-state index is 0.376. The Bertz CT molecular complexity index is 441. The summed E-state index contributed by atoms with van der Waals surface area (Å²) in [6, 6.07) is 3.67. The molecule has 5 nitrogen and oxygen atoms in total. The van der Waals surface area contributed by atoms with Crippen LogP contribution in [0.1, 0.15) is 31.2 Å². The molecular formula is C12H17N5. The van der Waals surface area contributed by atoms with Crippen LogP contribution in [0.15, 0.2) is 6.07 Å². The fourth-order valence-corrected chi connectivity index (χ4v) is 2.20. The number of nitriles is 1. The monoisotopic (exact) mass is 231 g/mol. The van der Waals surface area contributed by atoms with E-state index in [1.54, 1.807) is 6.07 Å². The summed E-state index contributed by atoms with van der Waals surface area (Å²) in [6.45, 7) is 1.84. The smallest absolute Gasteiger partial charge is 0.151 e. The molecule has 0 atom stereocenters. The van der Waals surface area contributed by atoms with Crippen LogP contribution in [0.25, 0.3) is 0 Å². The highest BCUT2D eigenvalue weighted by Gasteiger charge is 2.17. The molecule has 0 spiro atoms. The van der Waals surface area contributed by atoms with Gasteiger partial charge in [-0.05, 0) is 12.8 Å². The summed E-state index contributed by atoms with van der Waals surface area (Å²) in [5.41, 5.74) is 12.4. The molecule has 1 aliphatic heterocycles. The molecule has 17 heavy (non-hydrogen) atoms. The Hall–Kier alpha value is -1.96. The molecule has 1 aromatic rings. The van der Waals surface area contributed by atoms with E-state index < -0.39 is 0 Å². The van der Waals surface area contributed by atoms with Gasteiger partial charge in [0, 0.05) is 19.2 Å². The van der Waals surface area contributed by atoms with Gasteiger partial charge < -0.3 is 16.4 Å². The number of aromatic nitrogens is 1. The zero-order valence-electron chi connectivity index (χ0n) is 9.82. The van der Waals surface area contributed by atoms with Gasteiger partial charge >= 0.3 is 0 Å². The van der Waals surface area contributed by atoms with E-state index in [4.69, 9.17) is 16.7 Å². The highest BCUT2D eigenvalue weighted by atomic mass is 15.2. The third-order valence-corrected chi connectivity index (χ3v) is 3.07. The molecule has 0 saturated carbocycles. The fourth-order valence-electron chi connectivity index (χ4n) is 2.20. The molecule has 1 aliphatic rings. The van der Waals surface area contributed by atoms with Gasteiger partial charge in [-0.25, -0.2) is 4.98 Å². The normalized spacial score (nSPS) is 16.3. The average Bonchev–Trinajstić information content (AvgIpc) is 2.56. The minimum atomic E-state index is 0.376. The zero-order valence-corrected chi connectivity index (χ0v) is 9.82. The Morgan fingerprint density at radius 3 is 2.41 bits per heavy atom. The highest BCUT2D eigenvalue weighted by Crippen LogP contribution is 2.26. The van der Waals surface area contributed by atoms with Crippen LogP contribution in [0.4, 0.5) is 17.3 Å². The second-order valence-electron chi connectivity index (χ2n) is 4.35. The highest BCUT2D eigenvalue weighted by molar-refractivity contribution is 5.70. The van der Waals surface area contributed by atoms with Gasteiger partial charge in [0.1, 0.15) is 17.5 Å². The topological polar surface area (TPSA) is 92.0 Å². The molecule has 2 heterocycles. The van der Waals surface area contributed by atoms with Gasteiger partial charge in [0.05, 0.1) is 5.69 Å². The summed E-state index contributed by atoms with van der Waals surface area (Å²) in [4.78, 5) is 6.39. The second kappa shape index (κ2) is 4.91. The van der Waals surface area contributed by atoms with Crippen molar-refractivity contribution in [3.05, 3.63) is 11.6 Å². The van der Waals surface area contributed by atoms with Crippen LogP contribution in [0.3, 0.4) is 0 Å². The van der Waals surface area contributed by atoms with Crippen molar-refractivity contribution in [2.75, 3.05) is 29.5 Å². The van der Waals surface area contributed by atoms with Gasteiger partial charge in [-0.1, -0.05) is 12.8 Å². The second-order valence-corrected chi connectivity index (χ2v) is 4.35. The number of hydrogen-bond donors (Lipinski definition) is 2. The molecule has 0 radical (unpaired) electrons. The molecule has 0 bridgehead atoms. The van der Waals surface area contributed by atoms with Gasteiger partial charge in [0.25, 0.3) is 0 Å². The zero-order chi connectivity index (χ0) is 12.3. The molecule has 1 aromatic heterocycles. The molecule has 5 heteroatoms. The van der Waals surface area contributed by atoms with Gasteiger partial charge in [-0.3, -0.25) is 0 Å². The number of anilines is 3. The van der Waals surface area contributed by atoms with Gasteiger partial charge in [-0.15, -0.1) is 0 Å². The van der Waals surface area contributed by atoms with E-state index in [0.29, 0.717) is 22.9 Å². The standard InChI is InChI=1S/C12H17N5/c13-8-9-10(14)7-11(15)16-12(9)17-5-3-1-2-4-6-17/h7H,1-6H2,(H4,14,15,16). The van der Waals surface area contributed by atoms with E-state index in [1.807, 2.05) is 0 Å². The Labute approximate surface area is 101 Å². The van der Waals surface area contributed by atoms with Gasteiger partial charge in [-0.2, -0.15) is 5.26 Å². The van der Waals surface area contributed by atoms with Crippen LogP contribution in [0.5, 0.6) is 0 Å². The summed E-state index contributed by atoms with van der Waals surface area (Å²) < 4.78 is 0. The molecule has 2 rings (SSSR count). The van der Waals surface area contributed by atoms with Crippen molar-refractivity contribution in [1.82, 2.24) is 4.98 Å². The summed E-state index contributed by atoms with van der Waals surface area (Å²) in [6.07, 6.45) is 4.72. The lowest BCUT2D eigenvalue weighted by Crippen LogP contribution is -2.26. The number of rotatable bonds is 1. The number of hydrogen-bond acceptors (Lipinski definition) is 5. The predicted molar refractivity (Wildman–Crippen MR) is 68.5 cm³/mol. The van der Waals surface area contributed by atoms with Crippen molar-refractivity contribution in [3.8, 4) is 6.07 Å². The van der Waals surface area contributed by atoms with Crippen molar-refractivity contribution in [1.29, 1.82) is 5.26 Å². The average molecular weight is 231 g/mol. The lowest BCUT2D eigenvalue weighted by atomic mass is 10.2. The maximum atomic E-state index is 9.15. The summed E-state index contributed by atoms with van der Waals surface area (Å²) in [7, 11) is 0. The van der Waals surface area contributed by atoms with Crippen molar-refractivity contribution in [2.45, 2.75) is 25.7 Å². The fraction of sp³-hybridized carbons (Fsp3) is 0.500. The van der Waals surface area contributed by atoms with Crippen LogP contribution in [-0.4, -0.2) is 18.1 Å². The Kier molecular flexibility index (Phi) is 3.33. The quantitative estimate of drug-likeness (QED) is 0.764. The van der Waals surface area contributed by atoms with Crippen molar-refractivity contribution >= 4 is 17.3 Å². The van der Waals surface area contributed by atoms with E-state index in [0.717, 1.165) is 25.9 Å². The molecule has 90 valence electrons. The van der Waals surface area contributed by atoms with E-state index in [-0.39, 0.29) is 0 Å². The third kappa shape index (κ3) is 2.41. The Balaban J connectivity index is 2.39. The summed E-state index contributed by atoms with van der Waals surface area (Å²) in [5.74, 6) is 1.02. The first kappa shape index (κ1) is 11.5. The molecule has 1 fully saturated rings. The van der Waals surface area contributed by atoms with Crippen LogP contribution < -0.4 is 16.4 Å². The van der Waals surface area contributed by atoms with Crippen LogP contribution in [0, 0.1) is 11.3 Å². The van der Waals surface area contributed by atoms with Crippen molar-refractivity contribution in [2.24, 2.45) is 0 Å². The lowest BCUT2D eigenvalue weighted by Gasteiger charge is -2.23. The third-order valence-electron chi connectivity index (χ3n) is 3.07. The summed E-state index contributed by atoms with van der Waals surface area (Å²) in [5, 5.41) is 9.15. The predicted octanol–water partition coefficient (Wildman–Crippen LogP) is 1.50. The first-order valence-electron chi connectivity index (χ1n) is 5.93. The lowest BCUT2D eigenvalue weighted by molar-refractivity contribution is 0.726. The van der Waals surface area contributed by atoms with Crippen LogP contribution in [-0.2, 0) is 0 Å². The molecule has 0 aromatic carbocycles. The maximum Gasteiger partial charge on any atom is 0.151 e. The number of nitrogens with two attached hydrogens (primary N) is 2. The van der Waals surface area contributed by atoms with Gasteiger partial charge in [0.15, 0.2) is 5.82 Å². The molecule has 0 aliphatic carbocycles. The molecule has 1 saturated heterocycles. The van der Waals surface area contributed by atoms with E-state index in [9.17, 15) is 0 Å². The van der Waals surface area contributed by atoms with E-state index in [1.165, 1.54) is 12.8 Å². The minimum Gasteiger partial charge on any atom is -0.397 e. The number of pyridine rings is 1. The molecular weight excluding hydrogens is 214 g/mol. The van der Waals surface area contributed by atoms with E-state index >= 15 is 0 Å². The van der Waals surface area contributed by atoms with Crippen LogP contribution in [0.2, 0.25) is 0 Å². The SMILES string of the molecule is N#Cc1c(N)cc(N)nc1N1CCCCCC1. The van der Waals surface area contributed by atoms with Gasteiger partial charge in [0.2, 0.25) is 0 Å². The number of nitrogen functional groups attached to an aromatic ring is 2. The largest absolute Gasteiger partial charge is 0.397 e. The Morgan fingerprint density at radius 2 is 1.82 bits per heavy atom. The molecule has 0 unspecified atom stereocenters.